The first-order valence-corrected chi connectivity index (χ1v) is 7.42. The maximum atomic E-state index is 5.33. The Labute approximate surface area is 125 Å². The normalized spacial score (nSPS) is 12.3. The average Bonchev–Trinajstić information content (AvgIpc) is 2.94. The van der Waals surface area contributed by atoms with E-state index in [0.717, 1.165) is 36.5 Å². The van der Waals surface area contributed by atoms with E-state index in [2.05, 4.69) is 29.3 Å². The van der Waals surface area contributed by atoms with Gasteiger partial charge in [0.1, 0.15) is 5.75 Å². The van der Waals surface area contributed by atoms with Crippen LogP contribution in [0.2, 0.25) is 0 Å². The number of rotatable bonds is 8. The van der Waals surface area contributed by atoms with Crippen LogP contribution in [0.4, 0.5) is 0 Å². The molecule has 1 N–H and O–H groups in total. The molecule has 0 bridgehead atoms. The van der Waals surface area contributed by atoms with E-state index in [1.54, 1.807) is 7.11 Å². The van der Waals surface area contributed by atoms with E-state index in [-0.39, 0.29) is 0 Å². The molecule has 2 rings (SSSR count). The Morgan fingerprint density at radius 1 is 1.24 bits per heavy atom. The van der Waals surface area contributed by atoms with Crippen LogP contribution in [0.1, 0.15) is 37.5 Å². The van der Waals surface area contributed by atoms with Gasteiger partial charge in [0.05, 0.1) is 7.11 Å². The fourth-order valence-electron chi connectivity index (χ4n) is 2.23. The summed E-state index contributed by atoms with van der Waals surface area (Å²) in [5.41, 5.74) is 1.14. The van der Waals surface area contributed by atoms with E-state index in [4.69, 9.17) is 9.26 Å². The zero-order valence-corrected chi connectivity index (χ0v) is 12.9. The molecule has 0 radical (unpaired) electrons. The quantitative estimate of drug-likeness (QED) is 0.809. The van der Waals surface area contributed by atoms with Crippen LogP contribution in [0, 0.1) is 0 Å². The highest BCUT2D eigenvalue weighted by Crippen LogP contribution is 2.14. The van der Waals surface area contributed by atoms with Crippen molar-refractivity contribution in [3.8, 4) is 5.75 Å². The van der Waals surface area contributed by atoms with Crippen LogP contribution in [-0.2, 0) is 12.8 Å². The molecular formula is C16H23N3O2. The van der Waals surface area contributed by atoms with Crippen LogP contribution in [0.3, 0.4) is 0 Å². The Hall–Kier alpha value is -1.88. The summed E-state index contributed by atoms with van der Waals surface area (Å²) in [5, 5.41) is 7.47. The number of likely N-dealkylation sites (N-methyl/N-ethyl adjacent to an activating group) is 1. The largest absolute Gasteiger partial charge is 0.497 e. The van der Waals surface area contributed by atoms with Crippen LogP contribution >= 0.6 is 0 Å². The highest BCUT2D eigenvalue weighted by molar-refractivity contribution is 5.28. The summed E-state index contributed by atoms with van der Waals surface area (Å²) in [6, 6.07) is 8.30. The molecule has 0 amide bonds. The summed E-state index contributed by atoms with van der Waals surface area (Å²) in [6.45, 7) is 5.21. The number of nitrogens with one attached hydrogen (secondary N) is 1. The predicted molar refractivity (Wildman–Crippen MR) is 81.6 cm³/mol. The molecule has 1 aromatic carbocycles. The monoisotopic (exact) mass is 289 g/mol. The lowest BCUT2D eigenvalue weighted by Gasteiger charge is -2.12. The van der Waals surface area contributed by atoms with Crippen LogP contribution in [-0.4, -0.2) is 29.8 Å². The Bertz CT molecular complexity index is 537. The van der Waals surface area contributed by atoms with Crippen molar-refractivity contribution in [3.05, 3.63) is 41.5 Å². The lowest BCUT2D eigenvalue weighted by atomic mass is 10.1. The number of aromatic nitrogens is 2. The third-order valence-corrected chi connectivity index (χ3v) is 3.44. The number of ether oxygens (including phenoxy) is 1. The molecule has 0 aliphatic carbocycles. The molecule has 1 unspecified atom stereocenters. The Kier molecular flexibility index (Phi) is 5.75. The van der Waals surface area contributed by atoms with Gasteiger partial charge in [0.25, 0.3) is 0 Å². The fraction of sp³-hybridized carbons (Fsp3) is 0.500. The second kappa shape index (κ2) is 7.78. The summed E-state index contributed by atoms with van der Waals surface area (Å²) in [4.78, 5) is 4.47. The summed E-state index contributed by atoms with van der Waals surface area (Å²) >= 11 is 0. The van der Waals surface area contributed by atoms with Crippen molar-refractivity contribution in [2.75, 3.05) is 13.7 Å². The first-order valence-electron chi connectivity index (χ1n) is 7.42. The number of methoxy groups -OCH3 is 1. The van der Waals surface area contributed by atoms with Crippen molar-refractivity contribution in [1.29, 1.82) is 0 Å². The molecule has 114 valence electrons. The van der Waals surface area contributed by atoms with E-state index >= 15 is 0 Å². The summed E-state index contributed by atoms with van der Waals surface area (Å²) in [6.07, 6.45) is 2.50. The minimum atomic E-state index is 0.393. The molecule has 1 atom stereocenters. The molecule has 5 heteroatoms. The van der Waals surface area contributed by atoms with Gasteiger partial charge in [-0.25, -0.2) is 0 Å². The van der Waals surface area contributed by atoms with Gasteiger partial charge < -0.3 is 14.6 Å². The molecule has 1 heterocycles. The van der Waals surface area contributed by atoms with Crippen LogP contribution in [0.15, 0.2) is 28.8 Å². The predicted octanol–water partition coefficient (Wildman–Crippen LogP) is 2.60. The molecule has 1 aromatic heterocycles. The molecular weight excluding hydrogens is 266 g/mol. The Morgan fingerprint density at radius 3 is 2.62 bits per heavy atom. The van der Waals surface area contributed by atoms with Gasteiger partial charge in [-0.15, -0.1) is 0 Å². The third-order valence-electron chi connectivity index (χ3n) is 3.44. The summed E-state index contributed by atoms with van der Waals surface area (Å²) < 4.78 is 10.5. The number of hydrogen-bond donors (Lipinski definition) is 1. The molecule has 0 fully saturated rings. The van der Waals surface area contributed by atoms with Crippen molar-refractivity contribution in [1.82, 2.24) is 15.5 Å². The van der Waals surface area contributed by atoms with Gasteiger partial charge in [-0.3, -0.25) is 0 Å². The maximum absolute atomic E-state index is 5.33. The van der Waals surface area contributed by atoms with Crippen LogP contribution in [0.5, 0.6) is 5.75 Å². The topological polar surface area (TPSA) is 60.2 Å². The van der Waals surface area contributed by atoms with Gasteiger partial charge in [-0.05, 0) is 30.7 Å². The number of hydrogen-bond acceptors (Lipinski definition) is 5. The summed E-state index contributed by atoms with van der Waals surface area (Å²) in [5.74, 6) is 2.27. The first-order chi connectivity index (χ1) is 10.2. The SMILES string of the molecule is CCNC(CC)Cc1nc(Cc2ccc(OC)cc2)no1. The van der Waals surface area contributed by atoms with Crippen molar-refractivity contribution in [2.24, 2.45) is 0 Å². The molecule has 0 aliphatic rings. The van der Waals surface area contributed by atoms with E-state index in [0.29, 0.717) is 18.4 Å². The lowest BCUT2D eigenvalue weighted by molar-refractivity contribution is 0.352. The highest BCUT2D eigenvalue weighted by atomic mass is 16.5. The van der Waals surface area contributed by atoms with Gasteiger partial charge >= 0.3 is 0 Å². The molecule has 5 nitrogen and oxygen atoms in total. The molecule has 2 aromatic rings. The van der Waals surface area contributed by atoms with Gasteiger partial charge in [-0.1, -0.05) is 31.1 Å². The van der Waals surface area contributed by atoms with Crippen molar-refractivity contribution in [3.63, 3.8) is 0 Å². The van der Waals surface area contributed by atoms with Gasteiger partial charge in [0, 0.05) is 18.9 Å². The van der Waals surface area contributed by atoms with Crippen molar-refractivity contribution < 1.29 is 9.26 Å². The Morgan fingerprint density at radius 2 is 2.00 bits per heavy atom. The van der Waals surface area contributed by atoms with Crippen LogP contribution in [0.25, 0.3) is 0 Å². The highest BCUT2D eigenvalue weighted by Gasteiger charge is 2.12. The molecule has 0 saturated carbocycles. The van der Waals surface area contributed by atoms with E-state index in [9.17, 15) is 0 Å². The van der Waals surface area contributed by atoms with Gasteiger partial charge in [-0.2, -0.15) is 4.98 Å². The first kappa shape index (κ1) is 15.5. The average molecular weight is 289 g/mol. The smallest absolute Gasteiger partial charge is 0.228 e. The number of nitrogens with zero attached hydrogens (tertiary/aromatic N) is 2. The van der Waals surface area contributed by atoms with Crippen molar-refractivity contribution >= 4 is 0 Å². The zero-order valence-electron chi connectivity index (χ0n) is 12.9. The fourth-order valence-corrected chi connectivity index (χ4v) is 2.23. The molecule has 0 spiro atoms. The standard InChI is InChI=1S/C16H23N3O2/c1-4-13(17-5-2)11-16-18-15(19-21-16)10-12-6-8-14(20-3)9-7-12/h6-9,13,17H,4-5,10-11H2,1-3H3. The van der Waals surface area contributed by atoms with E-state index in [1.165, 1.54) is 0 Å². The van der Waals surface area contributed by atoms with E-state index in [1.807, 2.05) is 24.3 Å². The number of benzene rings is 1. The molecule has 0 saturated heterocycles. The third kappa shape index (κ3) is 4.56. The summed E-state index contributed by atoms with van der Waals surface area (Å²) in [7, 11) is 1.66. The second-order valence-electron chi connectivity index (χ2n) is 5.00. The Balaban J connectivity index is 1.95. The molecule has 21 heavy (non-hydrogen) atoms. The second-order valence-corrected chi connectivity index (χ2v) is 5.00. The van der Waals surface area contributed by atoms with Gasteiger partial charge in [0.15, 0.2) is 5.82 Å². The minimum Gasteiger partial charge on any atom is -0.497 e. The van der Waals surface area contributed by atoms with Crippen LogP contribution < -0.4 is 10.1 Å². The zero-order chi connectivity index (χ0) is 15.1. The minimum absolute atomic E-state index is 0.393. The maximum Gasteiger partial charge on any atom is 0.228 e. The van der Waals surface area contributed by atoms with Crippen molar-refractivity contribution in [2.45, 2.75) is 39.2 Å². The lowest BCUT2D eigenvalue weighted by Crippen LogP contribution is -2.30. The van der Waals surface area contributed by atoms with E-state index < -0.39 is 0 Å². The van der Waals surface area contributed by atoms with Gasteiger partial charge in [0.2, 0.25) is 5.89 Å². The molecule has 0 aliphatic heterocycles.